The number of nitrogens with zero attached hydrogens (tertiary/aromatic N) is 3. The highest BCUT2D eigenvalue weighted by atomic mass is 16.3. The summed E-state index contributed by atoms with van der Waals surface area (Å²) in [5.74, 6) is -0.232. The third kappa shape index (κ3) is 3.34. The van der Waals surface area contributed by atoms with E-state index in [0.717, 1.165) is 11.3 Å². The van der Waals surface area contributed by atoms with Crippen LogP contribution < -0.4 is 10.9 Å². The summed E-state index contributed by atoms with van der Waals surface area (Å²) in [7, 11) is 0. The first kappa shape index (κ1) is 17.8. The van der Waals surface area contributed by atoms with Crippen molar-refractivity contribution in [3.63, 3.8) is 0 Å². The highest BCUT2D eigenvalue weighted by Gasteiger charge is 2.11. The summed E-state index contributed by atoms with van der Waals surface area (Å²) in [6.45, 7) is 4.81. The van der Waals surface area contributed by atoms with E-state index in [9.17, 15) is 9.59 Å². The summed E-state index contributed by atoms with van der Waals surface area (Å²) in [6.07, 6.45) is 6.25. The van der Waals surface area contributed by atoms with Gasteiger partial charge in [0.2, 0.25) is 0 Å². The zero-order valence-electron chi connectivity index (χ0n) is 15.7. The highest BCUT2D eigenvalue weighted by Crippen LogP contribution is 2.21. The molecule has 0 fully saturated rings. The van der Waals surface area contributed by atoms with Crippen molar-refractivity contribution in [2.75, 3.05) is 6.54 Å². The Morgan fingerprint density at radius 1 is 1.14 bits per heavy atom. The number of aryl methyl sites for hydroxylation is 2. The number of rotatable bonds is 5. The summed E-state index contributed by atoms with van der Waals surface area (Å²) in [4.78, 5) is 24.7. The largest absolute Gasteiger partial charge is 0.472 e. The second-order valence-electron chi connectivity index (χ2n) is 6.72. The van der Waals surface area contributed by atoms with Crippen LogP contribution in [0.1, 0.15) is 21.5 Å². The van der Waals surface area contributed by atoms with Crippen LogP contribution in [0.4, 0.5) is 0 Å². The maximum atomic E-state index is 12.8. The zero-order valence-corrected chi connectivity index (χ0v) is 15.7. The van der Waals surface area contributed by atoms with E-state index in [-0.39, 0.29) is 11.5 Å². The normalized spacial score (nSPS) is 11.1. The molecule has 0 spiro atoms. The Morgan fingerprint density at radius 2 is 2.00 bits per heavy atom. The minimum atomic E-state index is -0.232. The molecule has 0 unspecified atom stereocenters. The van der Waals surface area contributed by atoms with Crippen LogP contribution in [-0.2, 0) is 6.54 Å². The van der Waals surface area contributed by atoms with Gasteiger partial charge in [0.25, 0.3) is 11.5 Å². The minimum absolute atomic E-state index is 0.150. The maximum absolute atomic E-state index is 12.8. The summed E-state index contributed by atoms with van der Waals surface area (Å²) in [5.41, 5.74) is 4.93. The van der Waals surface area contributed by atoms with Gasteiger partial charge in [0.05, 0.1) is 17.5 Å². The van der Waals surface area contributed by atoms with Crippen molar-refractivity contribution in [1.29, 1.82) is 0 Å². The number of benzene rings is 1. The van der Waals surface area contributed by atoms with Gasteiger partial charge in [-0.3, -0.25) is 9.59 Å². The summed E-state index contributed by atoms with van der Waals surface area (Å²) < 4.78 is 8.05. The third-order valence-electron chi connectivity index (χ3n) is 4.83. The van der Waals surface area contributed by atoms with E-state index < -0.39 is 0 Å². The molecule has 0 saturated carbocycles. The quantitative estimate of drug-likeness (QED) is 0.581. The molecule has 3 aromatic heterocycles. The molecule has 0 aliphatic carbocycles. The van der Waals surface area contributed by atoms with Gasteiger partial charge in [-0.15, -0.1) is 0 Å². The molecule has 0 radical (unpaired) electrons. The molecule has 1 amide bonds. The Balaban J connectivity index is 1.54. The van der Waals surface area contributed by atoms with Gasteiger partial charge in [0.15, 0.2) is 0 Å². The first-order valence-electron chi connectivity index (χ1n) is 9.00. The molecular weight excluding hydrogens is 356 g/mol. The van der Waals surface area contributed by atoms with Crippen LogP contribution in [0, 0.1) is 13.8 Å². The Morgan fingerprint density at radius 3 is 2.75 bits per heavy atom. The molecule has 0 saturated heterocycles. The van der Waals surface area contributed by atoms with Crippen LogP contribution >= 0.6 is 0 Å². The number of carbonyl (C=O) groups is 1. The van der Waals surface area contributed by atoms with E-state index in [1.54, 1.807) is 33.6 Å². The summed E-state index contributed by atoms with van der Waals surface area (Å²) >= 11 is 0. The van der Waals surface area contributed by atoms with Crippen LogP contribution in [-0.4, -0.2) is 26.6 Å². The Hall–Kier alpha value is -3.61. The van der Waals surface area contributed by atoms with Gasteiger partial charge in [0, 0.05) is 31.0 Å². The lowest BCUT2D eigenvalue weighted by Gasteiger charge is -2.07. The first-order valence-corrected chi connectivity index (χ1v) is 9.00. The maximum Gasteiger partial charge on any atom is 0.276 e. The molecule has 0 aliphatic heterocycles. The second kappa shape index (κ2) is 7.19. The highest BCUT2D eigenvalue weighted by molar-refractivity contribution is 5.93. The van der Waals surface area contributed by atoms with Gasteiger partial charge in [-0.25, -0.2) is 4.52 Å². The monoisotopic (exact) mass is 376 g/mol. The van der Waals surface area contributed by atoms with E-state index in [1.165, 1.54) is 23.7 Å². The molecule has 1 aromatic carbocycles. The lowest BCUT2D eigenvalue weighted by Crippen LogP contribution is -2.30. The molecule has 142 valence electrons. The molecule has 0 atom stereocenters. The van der Waals surface area contributed by atoms with Crippen molar-refractivity contribution in [2.24, 2.45) is 0 Å². The molecule has 0 bridgehead atoms. The third-order valence-corrected chi connectivity index (χ3v) is 4.83. The minimum Gasteiger partial charge on any atom is -0.472 e. The molecule has 1 N–H and O–H groups in total. The SMILES string of the molecule is Cc1ccc(-c2cc3c(=O)n(CCNC(=O)c4ccoc4)ccn3n2)cc1C. The summed E-state index contributed by atoms with van der Waals surface area (Å²) in [5, 5.41) is 7.29. The van der Waals surface area contributed by atoms with Crippen molar-refractivity contribution in [1.82, 2.24) is 19.5 Å². The molecular formula is C21H20N4O3. The predicted molar refractivity (Wildman–Crippen MR) is 105 cm³/mol. The van der Waals surface area contributed by atoms with E-state index in [1.807, 2.05) is 6.07 Å². The fourth-order valence-corrected chi connectivity index (χ4v) is 3.03. The molecule has 4 rings (SSSR count). The summed E-state index contributed by atoms with van der Waals surface area (Å²) in [6, 6.07) is 9.52. The van der Waals surface area contributed by atoms with Gasteiger partial charge in [-0.2, -0.15) is 5.10 Å². The van der Waals surface area contributed by atoms with Crippen LogP contribution in [0.5, 0.6) is 0 Å². The average molecular weight is 376 g/mol. The van der Waals surface area contributed by atoms with Crippen molar-refractivity contribution >= 4 is 11.4 Å². The van der Waals surface area contributed by atoms with Crippen molar-refractivity contribution in [3.8, 4) is 11.3 Å². The van der Waals surface area contributed by atoms with Crippen LogP contribution in [0.25, 0.3) is 16.8 Å². The first-order chi connectivity index (χ1) is 13.5. The van der Waals surface area contributed by atoms with Crippen LogP contribution in [0.2, 0.25) is 0 Å². The smallest absolute Gasteiger partial charge is 0.276 e. The zero-order chi connectivity index (χ0) is 19.7. The van der Waals surface area contributed by atoms with Crippen LogP contribution in [0.15, 0.2) is 64.5 Å². The van der Waals surface area contributed by atoms with Crippen molar-refractivity contribution in [3.05, 3.63) is 82.3 Å². The lowest BCUT2D eigenvalue weighted by molar-refractivity contribution is 0.0951. The number of nitrogens with one attached hydrogen (secondary N) is 1. The van der Waals surface area contributed by atoms with Gasteiger partial charge in [-0.1, -0.05) is 12.1 Å². The number of hydrogen-bond acceptors (Lipinski definition) is 4. The number of fused-ring (bicyclic) bond motifs is 1. The van der Waals surface area contributed by atoms with Gasteiger partial charge >= 0.3 is 0 Å². The number of hydrogen-bond donors (Lipinski definition) is 1. The van der Waals surface area contributed by atoms with E-state index in [0.29, 0.717) is 24.2 Å². The van der Waals surface area contributed by atoms with E-state index in [2.05, 4.69) is 36.4 Å². The van der Waals surface area contributed by atoms with Crippen LogP contribution in [0.3, 0.4) is 0 Å². The Bertz CT molecular complexity index is 1200. The predicted octanol–water partition coefficient (Wildman–Crippen LogP) is 2.80. The van der Waals surface area contributed by atoms with E-state index in [4.69, 9.17) is 4.42 Å². The molecule has 3 heterocycles. The topological polar surface area (TPSA) is 81.5 Å². The number of amides is 1. The number of furan rings is 1. The molecule has 28 heavy (non-hydrogen) atoms. The average Bonchev–Trinajstić information content (AvgIpc) is 3.36. The van der Waals surface area contributed by atoms with Gasteiger partial charge < -0.3 is 14.3 Å². The molecule has 7 nitrogen and oxygen atoms in total. The standard InChI is InChI=1S/C21H20N4O3/c1-14-3-4-16(11-15(14)2)18-12-19-21(27)24(8-9-25(19)23-18)7-6-22-20(26)17-5-10-28-13-17/h3-5,8-13H,6-7H2,1-2H3,(H,22,26). The second-order valence-corrected chi connectivity index (χ2v) is 6.72. The Labute approximate surface area is 161 Å². The van der Waals surface area contributed by atoms with Crippen molar-refractivity contribution in [2.45, 2.75) is 20.4 Å². The lowest BCUT2D eigenvalue weighted by atomic mass is 10.0. The molecule has 7 heteroatoms. The number of aromatic nitrogens is 3. The van der Waals surface area contributed by atoms with E-state index >= 15 is 0 Å². The molecule has 4 aromatic rings. The van der Waals surface area contributed by atoms with Crippen molar-refractivity contribution < 1.29 is 9.21 Å². The molecule has 0 aliphatic rings. The van der Waals surface area contributed by atoms with Gasteiger partial charge in [0.1, 0.15) is 11.8 Å². The fraction of sp³-hybridized carbons (Fsp3) is 0.190. The number of carbonyl (C=O) groups excluding carboxylic acids is 1. The van der Waals surface area contributed by atoms with Gasteiger partial charge in [-0.05, 0) is 43.2 Å². The Kier molecular flexibility index (Phi) is 4.57. The fourth-order valence-electron chi connectivity index (χ4n) is 3.03.